The summed E-state index contributed by atoms with van der Waals surface area (Å²) >= 11 is 0. The van der Waals surface area contributed by atoms with Gasteiger partial charge in [-0.1, -0.05) is 65.3 Å². The molecule has 0 aliphatic heterocycles. The van der Waals surface area contributed by atoms with Gasteiger partial charge in [-0.3, -0.25) is 4.79 Å². The molecule has 0 amide bonds. The van der Waals surface area contributed by atoms with Gasteiger partial charge in [-0.25, -0.2) is 0 Å². The number of hydrogen-bond donors (Lipinski definition) is 0. The molecule has 0 heterocycles. The van der Waals surface area contributed by atoms with Gasteiger partial charge in [-0.2, -0.15) is 0 Å². The monoisotopic (exact) mass is 494 g/mol. The second-order valence-electron chi connectivity index (χ2n) is 13.2. The van der Waals surface area contributed by atoms with Gasteiger partial charge >= 0.3 is 5.97 Å². The molecule has 0 aromatic heterocycles. The Morgan fingerprint density at radius 3 is 2.21 bits per heavy atom. The van der Waals surface area contributed by atoms with E-state index in [1.165, 1.54) is 12.7 Å². The van der Waals surface area contributed by atoms with E-state index >= 15 is 0 Å². The van der Waals surface area contributed by atoms with Gasteiger partial charge < -0.3 is 13.6 Å². The molecule has 4 unspecified atom stereocenters. The second kappa shape index (κ2) is 10.5. The summed E-state index contributed by atoms with van der Waals surface area (Å²) in [7, 11) is -2.22. The standard InChI is InChI=1S/C27H50O4Si2/c1-26(2,3)32(8,9)30-19-23-22-17-20(14-12-13-15-25(28)29-7)16-21(22)18-24(23)31-33(10,11)27(4,5)6/h12,14,16,21-24H,13,15,17-19H2,1-11H3/b14-12+. The summed E-state index contributed by atoms with van der Waals surface area (Å²) in [4.78, 5) is 11.4. The molecular formula is C27H50O4Si2. The van der Waals surface area contributed by atoms with E-state index in [0.29, 0.717) is 24.2 Å². The van der Waals surface area contributed by atoms with Gasteiger partial charge in [0.15, 0.2) is 16.6 Å². The molecule has 1 fully saturated rings. The number of fused-ring (bicyclic) bond motifs is 1. The van der Waals surface area contributed by atoms with Crippen molar-refractivity contribution in [2.45, 2.75) is 110 Å². The lowest BCUT2D eigenvalue weighted by molar-refractivity contribution is -0.140. The summed E-state index contributed by atoms with van der Waals surface area (Å²) in [6.07, 6.45) is 10.4. The van der Waals surface area contributed by atoms with E-state index in [1.54, 1.807) is 0 Å². The van der Waals surface area contributed by atoms with Crippen molar-refractivity contribution in [3.8, 4) is 0 Å². The fourth-order valence-electron chi connectivity index (χ4n) is 4.42. The maximum atomic E-state index is 11.4. The lowest BCUT2D eigenvalue weighted by Gasteiger charge is -2.42. The Labute approximate surface area is 205 Å². The van der Waals surface area contributed by atoms with E-state index in [9.17, 15) is 4.79 Å². The number of rotatable bonds is 9. The Bertz CT molecular complexity index is 740. The molecule has 2 aliphatic carbocycles. The SMILES string of the molecule is COC(=O)CC/C=C/C1=CC2CC(O[Si](C)(C)C(C)(C)C)C(CO[Si](C)(C)C(C)(C)C)C2C1. The number of esters is 1. The first-order valence-corrected chi connectivity index (χ1v) is 18.6. The number of carbonyl (C=O) groups excluding carboxylic acids is 1. The van der Waals surface area contributed by atoms with E-state index < -0.39 is 16.6 Å². The molecule has 1 saturated carbocycles. The van der Waals surface area contributed by atoms with Crippen LogP contribution in [0.4, 0.5) is 0 Å². The van der Waals surface area contributed by atoms with E-state index in [4.69, 9.17) is 13.6 Å². The summed E-state index contributed by atoms with van der Waals surface area (Å²) in [5.41, 5.74) is 1.40. The van der Waals surface area contributed by atoms with Gasteiger partial charge in [0.1, 0.15) is 0 Å². The van der Waals surface area contributed by atoms with Crippen LogP contribution in [0.15, 0.2) is 23.8 Å². The minimum Gasteiger partial charge on any atom is -0.469 e. The van der Waals surface area contributed by atoms with Crippen LogP contribution in [0.5, 0.6) is 0 Å². The zero-order chi connectivity index (χ0) is 25.2. The van der Waals surface area contributed by atoms with Gasteiger partial charge in [0.2, 0.25) is 0 Å². The summed E-state index contributed by atoms with van der Waals surface area (Å²) in [6, 6.07) is 0. The fourth-order valence-corrected chi connectivity index (χ4v) is 6.85. The van der Waals surface area contributed by atoms with Crippen molar-refractivity contribution in [1.29, 1.82) is 0 Å². The summed E-state index contributed by atoms with van der Waals surface area (Å²) in [6.45, 7) is 24.2. The number of methoxy groups -OCH3 is 1. The lowest BCUT2D eigenvalue weighted by Crippen LogP contribution is -2.47. The van der Waals surface area contributed by atoms with Crippen LogP contribution in [-0.2, 0) is 18.4 Å². The van der Waals surface area contributed by atoms with Crippen LogP contribution >= 0.6 is 0 Å². The number of carbonyl (C=O) groups is 1. The third kappa shape index (κ3) is 7.15. The lowest BCUT2D eigenvalue weighted by atomic mass is 9.90. The van der Waals surface area contributed by atoms with Crippen molar-refractivity contribution >= 4 is 22.6 Å². The van der Waals surface area contributed by atoms with Crippen LogP contribution < -0.4 is 0 Å². The van der Waals surface area contributed by atoms with E-state index in [2.05, 4.69) is 86.0 Å². The van der Waals surface area contributed by atoms with Crippen molar-refractivity contribution in [1.82, 2.24) is 0 Å². The Morgan fingerprint density at radius 1 is 1.06 bits per heavy atom. The van der Waals surface area contributed by atoms with Crippen LogP contribution in [0.3, 0.4) is 0 Å². The van der Waals surface area contributed by atoms with Gasteiger partial charge in [0, 0.05) is 18.9 Å². The third-order valence-electron chi connectivity index (χ3n) is 8.75. The molecule has 0 N–H and O–H groups in total. The van der Waals surface area contributed by atoms with Crippen molar-refractivity contribution in [3.63, 3.8) is 0 Å². The number of allylic oxidation sites excluding steroid dienone is 4. The normalized spacial score (nSPS) is 26.6. The number of ether oxygens (including phenoxy) is 1. The Kier molecular flexibility index (Phi) is 9.09. The average molecular weight is 495 g/mol. The van der Waals surface area contributed by atoms with Crippen LogP contribution in [-0.4, -0.2) is 42.4 Å². The molecule has 33 heavy (non-hydrogen) atoms. The van der Waals surface area contributed by atoms with Crippen LogP contribution in [0.25, 0.3) is 0 Å². The van der Waals surface area contributed by atoms with Gasteiger partial charge in [-0.15, -0.1) is 0 Å². The Hall–Kier alpha value is -0.696. The van der Waals surface area contributed by atoms with Crippen LogP contribution in [0, 0.1) is 17.8 Å². The van der Waals surface area contributed by atoms with Gasteiger partial charge in [-0.05, 0) is 67.4 Å². The first-order chi connectivity index (χ1) is 15.0. The minimum absolute atomic E-state index is 0.148. The molecule has 0 aromatic rings. The van der Waals surface area contributed by atoms with Crippen molar-refractivity contribution in [3.05, 3.63) is 23.8 Å². The van der Waals surface area contributed by atoms with Gasteiger partial charge in [0.25, 0.3) is 0 Å². The number of hydrogen-bond acceptors (Lipinski definition) is 4. The molecule has 0 spiro atoms. The first kappa shape index (κ1) is 28.5. The van der Waals surface area contributed by atoms with E-state index in [-0.39, 0.29) is 22.1 Å². The highest BCUT2D eigenvalue weighted by Crippen LogP contribution is 2.51. The van der Waals surface area contributed by atoms with Crippen LogP contribution in [0.2, 0.25) is 36.3 Å². The highest BCUT2D eigenvalue weighted by molar-refractivity contribution is 6.74. The maximum absolute atomic E-state index is 11.4. The van der Waals surface area contributed by atoms with E-state index in [0.717, 1.165) is 25.9 Å². The summed E-state index contributed by atoms with van der Waals surface area (Å²) < 4.78 is 18.5. The fraction of sp³-hybridized carbons (Fsp3) is 0.815. The second-order valence-corrected chi connectivity index (χ2v) is 22.7. The van der Waals surface area contributed by atoms with Crippen molar-refractivity contribution in [2.75, 3.05) is 13.7 Å². The molecule has 0 bridgehead atoms. The molecule has 4 atom stereocenters. The molecule has 6 heteroatoms. The molecular weight excluding hydrogens is 444 g/mol. The smallest absolute Gasteiger partial charge is 0.305 e. The largest absolute Gasteiger partial charge is 0.469 e. The molecule has 0 radical (unpaired) electrons. The molecule has 0 saturated heterocycles. The molecule has 2 rings (SSSR count). The predicted molar refractivity (Wildman–Crippen MR) is 143 cm³/mol. The summed E-state index contributed by atoms with van der Waals surface area (Å²) in [5, 5.41) is 0.418. The topological polar surface area (TPSA) is 44.8 Å². The zero-order valence-electron chi connectivity index (χ0n) is 23.2. The van der Waals surface area contributed by atoms with E-state index in [1.807, 2.05) is 0 Å². The zero-order valence-corrected chi connectivity index (χ0v) is 25.2. The van der Waals surface area contributed by atoms with Crippen molar-refractivity contribution < 1.29 is 18.4 Å². The summed E-state index contributed by atoms with van der Waals surface area (Å²) in [5.74, 6) is 1.44. The predicted octanol–water partition coefficient (Wildman–Crippen LogP) is 7.49. The first-order valence-electron chi connectivity index (χ1n) is 12.7. The average Bonchev–Trinajstić information content (AvgIpc) is 3.18. The molecule has 2 aliphatic rings. The molecule has 4 nitrogen and oxygen atoms in total. The minimum atomic E-state index is -1.85. The maximum Gasteiger partial charge on any atom is 0.305 e. The molecule has 190 valence electrons. The highest BCUT2D eigenvalue weighted by Gasteiger charge is 2.50. The van der Waals surface area contributed by atoms with Crippen LogP contribution in [0.1, 0.15) is 67.2 Å². The molecule has 0 aromatic carbocycles. The highest BCUT2D eigenvalue weighted by atomic mass is 28.4. The quantitative estimate of drug-likeness (QED) is 0.246. The third-order valence-corrected chi connectivity index (χ3v) is 17.8. The Balaban J connectivity index is 2.15. The Morgan fingerprint density at radius 2 is 1.67 bits per heavy atom. The van der Waals surface area contributed by atoms with Crippen molar-refractivity contribution in [2.24, 2.45) is 17.8 Å². The van der Waals surface area contributed by atoms with Gasteiger partial charge in [0.05, 0.1) is 13.2 Å².